The molecule has 0 aromatic heterocycles. The first-order chi connectivity index (χ1) is 14.3. The Labute approximate surface area is 184 Å². The first-order valence-corrected chi connectivity index (χ1v) is 11.6. The smallest absolute Gasteiger partial charge is 0.338 e. The molecule has 9 heteroatoms. The Morgan fingerprint density at radius 2 is 1.77 bits per heavy atom. The van der Waals surface area contributed by atoms with E-state index in [4.69, 9.17) is 11.6 Å². The van der Waals surface area contributed by atoms with Crippen molar-refractivity contribution in [3.05, 3.63) is 64.7 Å². The van der Waals surface area contributed by atoms with Gasteiger partial charge in [0, 0.05) is 24.5 Å². The summed E-state index contributed by atoms with van der Waals surface area (Å²) in [6.07, 6.45) is -4.14. The lowest BCUT2D eigenvalue weighted by Crippen LogP contribution is -2.50. The second kappa shape index (κ2) is 8.47. The van der Waals surface area contributed by atoms with Gasteiger partial charge in [-0.2, -0.15) is 13.2 Å². The van der Waals surface area contributed by atoms with Crippen LogP contribution in [0.25, 0.3) is 0 Å². The summed E-state index contributed by atoms with van der Waals surface area (Å²) in [5.74, 6) is -0.560. The van der Waals surface area contributed by atoms with Crippen LogP contribution in [-0.4, -0.2) is 30.5 Å². The van der Waals surface area contributed by atoms with E-state index in [1.165, 1.54) is 19.9 Å². The zero-order valence-corrected chi connectivity index (χ0v) is 18.7. The zero-order valence-electron chi connectivity index (χ0n) is 17.1. The number of carbonyl (C=O) groups is 1. The molecule has 0 saturated carbocycles. The van der Waals surface area contributed by atoms with E-state index in [1.54, 1.807) is 29.2 Å². The topological polar surface area (TPSA) is 54.5 Å². The molecule has 2 aromatic carbocycles. The quantitative estimate of drug-likeness (QED) is 0.588. The summed E-state index contributed by atoms with van der Waals surface area (Å²) in [5.41, 5.74) is -0.264. The Morgan fingerprint density at radius 3 is 2.42 bits per heavy atom. The fraction of sp³-hybridized carbons (Fsp3) is 0.409. The molecule has 0 aliphatic carbocycles. The Balaban J connectivity index is 1.88. The van der Waals surface area contributed by atoms with Crippen LogP contribution in [0.15, 0.2) is 53.4 Å². The molecule has 2 aromatic rings. The standard InChI is InChI=1S/C22H23ClF3NO3S/c1-21(2,31(29,30)18-8-5-7-16(12-18)22(24,25)26)17-10-11-20(28)27(14-17)13-15-6-3-4-9-19(15)23/h3-9,12,17H,10-11,13-14H2,1-2H3/t17-/m0/s1. The molecule has 1 heterocycles. The molecule has 0 bridgehead atoms. The molecule has 3 rings (SSSR count). The highest BCUT2D eigenvalue weighted by Crippen LogP contribution is 2.39. The van der Waals surface area contributed by atoms with Gasteiger partial charge < -0.3 is 4.90 Å². The van der Waals surface area contributed by atoms with E-state index >= 15 is 0 Å². The molecule has 0 N–H and O–H groups in total. The molecule has 1 amide bonds. The monoisotopic (exact) mass is 473 g/mol. The van der Waals surface area contributed by atoms with Crippen molar-refractivity contribution in [2.24, 2.45) is 5.92 Å². The van der Waals surface area contributed by atoms with Crippen LogP contribution in [0.3, 0.4) is 0 Å². The van der Waals surface area contributed by atoms with Crippen molar-refractivity contribution in [2.75, 3.05) is 6.54 Å². The normalized spacial score (nSPS) is 18.3. The summed E-state index contributed by atoms with van der Waals surface area (Å²) in [7, 11) is -4.11. The summed E-state index contributed by atoms with van der Waals surface area (Å²) in [6, 6.07) is 10.9. The number of halogens is 4. The first kappa shape index (κ1) is 23.6. The number of piperidine rings is 1. The van der Waals surface area contributed by atoms with Gasteiger partial charge in [0.05, 0.1) is 15.2 Å². The number of nitrogens with zero attached hydrogens (tertiary/aromatic N) is 1. The predicted molar refractivity (Wildman–Crippen MR) is 112 cm³/mol. The molecular formula is C22H23ClF3NO3S. The maximum Gasteiger partial charge on any atom is 0.416 e. The average Bonchev–Trinajstić information content (AvgIpc) is 2.70. The second-order valence-electron chi connectivity index (χ2n) is 8.23. The fourth-order valence-electron chi connectivity index (χ4n) is 3.83. The second-order valence-corrected chi connectivity index (χ2v) is 11.2. The molecule has 1 aliphatic rings. The minimum atomic E-state index is -4.64. The van der Waals surface area contributed by atoms with E-state index in [1.807, 2.05) is 0 Å². The van der Waals surface area contributed by atoms with Crippen LogP contribution < -0.4 is 0 Å². The van der Waals surface area contributed by atoms with Crippen molar-refractivity contribution in [3.63, 3.8) is 0 Å². The van der Waals surface area contributed by atoms with Gasteiger partial charge in [-0.25, -0.2) is 8.42 Å². The highest BCUT2D eigenvalue weighted by Gasteiger charge is 2.46. The van der Waals surface area contributed by atoms with Gasteiger partial charge in [-0.15, -0.1) is 0 Å². The number of rotatable bonds is 5. The van der Waals surface area contributed by atoms with Crippen LogP contribution in [-0.2, 0) is 27.4 Å². The van der Waals surface area contributed by atoms with Crippen LogP contribution in [0.2, 0.25) is 5.02 Å². The number of alkyl halides is 3. The summed E-state index contributed by atoms with van der Waals surface area (Å²) in [6.45, 7) is 3.44. The van der Waals surface area contributed by atoms with E-state index in [0.29, 0.717) is 17.5 Å². The molecule has 1 atom stereocenters. The van der Waals surface area contributed by atoms with Crippen molar-refractivity contribution in [2.45, 2.75) is 49.1 Å². The van der Waals surface area contributed by atoms with Gasteiger partial charge in [0.15, 0.2) is 9.84 Å². The van der Waals surface area contributed by atoms with E-state index in [2.05, 4.69) is 0 Å². The van der Waals surface area contributed by atoms with Crippen LogP contribution in [0, 0.1) is 5.92 Å². The number of hydrogen-bond donors (Lipinski definition) is 0. The van der Waals surface area contributed by atoms with E-state index < -0.39 is 32.2 Å². The minimum Gasteiger partial charge on any atom is -0.338 e. The molecule has 4 nitrogen and oxygen atoms in total. The maximum atomic E-state index is 13.3. The molecule has 1 aliphatic heterocycles. The average molecular weight is 474 g/mol. The summed E-state index contributed by atoms with van der Waals surface area (Å²) in [4.78, 5) is 13.7. The van der Waals surface area contributed by atoms with Gasteiger partial charge in [-0.1, -0.05) is 35.9 Å². The van der Waals surface area contributed by atoms with Crippen molar-refractivity contribution in [1.82, 2.24) is 4.90 Å². The van der Waals surface area contributed by atoms with Gasteiger partial charge in [-0.05, 0) is 56.0 Å². The van der Waals surface area contributed by atoms with Crippen LogP contribution in [0.5, 0.6) is 0 Å². The number of amides is 1. The number of hydrogen-bond acceptors (Lipinski definition) is 3. The molecular weight excluding hydrogens is 451 g/mol. The van der Waals surface area contributed by atoms with Crippen molar-refractivity contribution < 1.29 is 26.4 Å². The Morgan fingerprint density at radius 1 is 1.10 bits per heavy atom. The Hall–Kier alpha value is -2.06. The lowest BCUT2D eigenvalue weighted by atomic mass is 9.86. The molecule has 1 fully saturated rings. The van der Waals surface area contributed by atoms with E-state index in [9.17, 15) is 26.4 Å². The third-order valence-electron chi connectivity index (χ3n) is 5.97. The van der Waals surface area contributed by atoms with Crippen molar-refractivity contribution in [3.8, 4) is 0 Å². The van der Waals surface area contributed by atoms with Gasteiger partial charge >= 0.3 is 6.18 Å². The summed E-state index contributed by atoms with van der Waals surface area (Å²) in [5, 5.41) is 0.508. The third-order valence-corrected chi connectivity index (χ3v) is 8.93. The van der Waals surface area contributed by atoms with Gasteiger partial charge in [0.2, 0.25) is 5.91 Å². The zero-order chi connectivity index (χ0) is 23.0. The number of sulfone groups is 1. The van der Waals surface area contributed by atoms with Crippen LogP contribution in [0.4, 0.5) is 13.2 Å². The lowest BCUT2D eigenvalue weighted by Gasteiger charge is -2.41. The minimum absolute atomic E-state index is 0.108. The Bertz CT molecular complexity index is 1080. The SMILES string of the molecule is CC(C)([C@H]1CCC(=O)N(Cc2ccccc2Cl)C1)S(=O)(=O)c1cccc(C(F)(F)F)c1. The Kier molecular flexibility index (Phi) is 6.45. The van der Waals surface area contributed by atoms with Gasteiger partial charge in [-0.3, -0.25) is 4.79 Å². The first-order valence-electron chi connectivity index (χ1n) is 9.77. The van der Waals surface area contributed by atoms with Gasteiger partial charge in [0.1, 0.15) is 0 Å². The van der Waals surface area contributed by atoms with Crippen molar-refractivity contribution in [1.29, 1.82) is 0 Å². The van der Waals surface area contributed by atoms with E-state index in [0.717, 1.165) is 17.7 Å². The maximum absolute atomic E-state index is 13.3. The number of benzene rings is 2. The largest absolute Gasteiger partial charge is 0.416 e. The van der Waals surface area contributed by atoms with E-state index in [-0.39, 0.29) is 30.3 Å². The van der Waals surface area contributed by atoms with Crippen LogP contribution in [0.1, 0.15) is 37.8 Å². The highest BCUT2D eigenvalue weighted by atomic mass is 35.5. The van der Waals surface area contributed by atoms with Crippen LogP contribution >= 0.6 is 11.6 Å². The fourth-order valence-corrected chi connectivity index (χ4v) is 5.80. The summed E-state index contributed by atoms with van der Waals surface area (Å²) < 4.78 is 64.6. The predicted octanol–water partition coefficient (Wildman–Crippen LogP) is 5.35. The summed E-state index contributed by atoms with van der Waals surface area (Å²) >= 11 is 6.20. The van der Waals surface area contributed by atoms with Crippen molar-refractivity contribution >= 4 is 27.3 Å². The highest BCUT2D eigenvalue weighted by molar-refractivity contribution is 7.92. The molecule has 1 saturated heterocycles. The molecule has 31 heavy (non-hydrogen) atoms. The molecule has 0 unspecified atom stereocenters. The number of carbonyl (C=O) groups excluding carboxylic acids is 1. The van der Waals surface area contributed by atoms with Gasteiger partial charge in [0.25, 0.3) is 0 Å². The molecule has 168 valence electrons. The molecule has 0 spiro atoms. The lowest BCUT2D eigenvalue weighted by molar-refractivity contribution is -0.138. The molecule has 0 radical (unpaired) electrons. The third kappa shape index (κ3) is 4.75. The number of likely N-dealkylation sites (tertiary alicyclic amines) is 1.